The maximum Gasteiger partial charge on any atom is 2.00 e. The van der Waals surface area contributed by atoms with Gasteiger partial charge in [0, 0.05) is 37.3 Å². The minimum absolute atomic E-state index is 0. The smallest absolute Gasteiger partial charge is 1.00 e. The van der Waals surface area contributed by atoms with E-state index in [1.165, 1.54) is 16.8 Å². The molecule has 0 saturated heterocycles. The summed E-state index contributed by atoms with van der Waals surface area (Å²) in [5.74, 6) is 0. The maximum atomic E-state index is 3.89. The molecule has 0 atom stereocenters. The van der Waals surface area contributed by atoms with E-state index in [2.05, 4.69) is 94.3 Å². The molecule has 0 unspecified atom stereocenters. The van der Waals surface area contributed by atoms with Crippen LogP contribution in [0, 0.1) is 0 Å². The van der Waals surface area contributed by atoms with Gasteiger partial charge in [0.2, 0.25) is 0 Å². The van der Waals surface area contributed by atoms with Gasteiger partial charge in [0.15, 0.2) is 0 Å². The Kier molecular flexibility index (Phi) is 11.2. The van der Waals surface area contributed by atoms with Gasteiger partial charge < -0.3 is 34.7 Å². The summed E-state index contributed by atoms with van der Waals surface area (Å²) in [4.78, 5) is 6.17. The summed E-state index contributed by atoms with van der Waals surface area (Å²) in [5, 5.41) is 1.59. The zero-order valence-corrected chi connectivity index (χ0v) is 20.4. The van der Waals surface area contributed by atoms with Crippen molar-refractivity contribution >= 4 is 13.8 Å². The van der Waals surface area contributed by atoms with Crippen LogP contribution >= 0.6 is 0 Å². The number of nitrogens with one attached hydrogen (secondary N) is 1. The molecule has 0 spiro atoms. The molecule has 2 nitrogen and oxygen atoms in total. The number of rotatable bonds is 4. The van der Waals surface area contributed by atoms with Gasteiger partial charge in [0.05, 0.1) is 0 Å². The van der Waals surface area contributed by atoms with E-state index in [0.29, 0.717) is 0 Å². The summed E-state index contributed by atoms with van der Waals surface area (Å²) in [7, 11) is 2.68. The molecular weight excluding hydrogens is 403 g/mol. The van der Waals surface area contributed by atoms with Crippen LogP contribution in [-0.4, -0.2) is 32.8 Å². The first-order chi connectivity index (χ1) is 10.1. The van der Waals surface area contributed by atoms with E-state index in [9.17, 15) is 0 Å². The molecule has 1 aromatic rings. The van der Waals surface area contributed by atoms with Crippen molar-refractivity contribution in [2.24, 2.45) is 0 Å². The van der Waals surface area contributed by atoms with Crippen molar-refractivity contribution in [3.63, 3.8) is 0 Å². The van der Waals surface area contributed by atoms with Gasteiger partial charge in [-0.15, -0.1) is 0 Å². The fourth-order valence-corrected chi connectivity index (χ4v) is 6.42. The van der Waals surface area contributed by atoms with Crippen LogP contribution < -0.4 is 29.8 Å². The molecule has 0 saturated carbocycles. The maximum absolute atomic E-state index is 3.89. The quantitative estimate of drug-likeness (QED) is 0.578. The summed E-state index contributed by atoms with van der Waals surface area (Å²) in [6, 6.07) is 10.8. The number of nitrogens with zero attached hydrogens (tertiary/aromatic N) is 1. The SMILES string of the molecule is CN(C)C1=C(c2ccccc2)C=C([Si](C)(C)NC(C)(C)C)C1.[Cl-].[Cl-].[Ti+2]. The Labute approximate surface area is 182 Å². The average molecular weight is 433 g/mol. The van der Waals surface area contributed by atoms with E-state index >= 15 is 0 Å². The Hall–Kier alpha value is -0.0288. The Morgan fingerprint density at radius 3 is 1.96 bits per heavy atom. The normalized spacial score (nSPS) is 14.1. The Balaban J connectivity index is 0. The third-order valence-electron chi connectivity index (χ3n) is 4.10. The van der Waals surface area contributed by atoms with E-state index < -0.39 is 8.24 Å². The summed E-state index contributed by atoms with van der Waals surface area (Å²) in [5.41, 5.74) is 4.29. The van der Waals surface area contributed by atoms with Crippen LogP contribution in [-0.2, 0) is 21.7 Å². The summed E-state index contributed by atoms with van der Waals surface area (Å²) in [6.07, 6.45) is 3.51. The Morgan fingerprint density at radius 2 is 1.52 bits per heavy atom. The second kappa shape index (κ2) is 10.3. The number of benzene rings is 1. The third kappa shape index (κ3) is 7.24. The van der Waals surface area contributed by atoms with Crippen LogP contribution in [0.4, 0.5) is 0 Å². The summed E-state index contributed by atoms with van der Waals surface area (Å²) < 4.78 is 0. The predicted molar refractivity (Wildman–Crippen MR) is 100 cm³/mol. The van der Waals surface area contributed by atoms with Gasteiger partial charge in [-0.2, -0.15) is 0 Å². The zero-order chi connectivity index (χ0) is 16.5. The van der Waals surface area contributed by atoms with Crippen molar-refractivity contribution in [1.82, 2.24) is 9.88 Å². The van der Waals surface area contributed by atoms with Gasteiger partial charge >= 0.3 is 21.7 Å². The average Bonchev–Trinajstić information content (AvgIpc) is 2.83. The van der Waals surface area contributed by atoms with Gasteiger partial charge in [-0.1, -0.05) is 54.7 Å². The number of allylic oxidation sites excluding steroid dienone is 3. The molecule has 1 aliphatic rings. The van der Waals surface area contributed by atoms with Gasteiger partial charge in [-0.25, -0.2) is 0 Å². The molecule has 6 heteroatoms. The van der Waals surface area contributed by atoms with Gasteiger partial charge in [0.1, 0.15) is 8.24 Å². The molecule has 1 aromatic carbocycles. The first kappa shape index (κ1) is 27.2. The molecule has 0 amide bonds. The van der Waals surface area contributed by atoms with Crippen molar-refractivity contribution in [3.8, 4) is 0 Å². The fraction of sp³-hybridized carbons (Fsp3) is 0.474. The van der Waals surface area contributed by atoms with E-state index in [4.69, 9.17) is 0 Å². The van der Waals surface area contributed by atoms with E-state index in [1.807, 2.05) is 0 Å². The van der Waals surface area contributed by atoms with Crippen LogP contribution in [0.1, 0.15) is 32.8 Å². The van der Waals surface area contributed by atoms with Crippen LogP contribution in [0.2, 0.25) is 13.1 Å². The third-order valence-corrected chi connectivity index (χ3v) is 7.40. The van der Waals surface area contributed by atoms with Crippen molar-refractivity contribution in [1.29, 1.82) is 0 Å². The second-order valence-electron chi connectivity index (χ2n) is 7.97. The van der Waals surface area contributed by atoms with Crippen molar-refractivity contribution < 1.29 is 46.5 Å². The van der Waals surface area contributed by atoms with Crippen LogP contribution in [0.3, 0.4) is 0 Å². The van der Waals surface area contributed by atoms with E-state index in [0.717, 1.165) is 6.42 Å². The molecular formula is C19H30Cl2N2SiTi. The van der Waals surface area contributed by atoms with Gasteiger partial charge in [0.25, 0.3) is 0 Å². The molecule has 1 N–H and O–H groups in total. The first-order valence-electron chi connectivity index (χ1n) is 8.06. The molecule has 1 aliphatic carbocycles. The Morgan fingerprint density at radius 1 is 1.00 bits per heavy atom. The first-order valence-corrected chi connectivity index (χ1v) is 11.1. The summed E-state index contributed by atoms with van der Waals surface area (Å²) in [6.45, 7) is 11.6. The largest absolute Gasteiger partial charge is 2.00 e. The predicted octanol–water partition coefficient (Wildman–Crippen LogP) is -1.57. The molecule has 2 rings (SSSR count). The molecule has 0 bridgehead atoms. The molecule has 0 aromatic heterocycles. The second-order valence-corrected chi connectivity index (χ2v) is 12.1. The monoisotopic (exact) mass is 432 g/mol. The molecule has 0 aliphatic heterocycles. The summed E-state index contributed by atoms with van der Waals surface area (Å²) >= 11 is 0. The van der Waals surface area contributed by atoms with Gasteiger partial charge in [-0.3, -0.25) is 0 Å². The Bertz CT molecular complexity index is 606. The van der Waals surface area contributed by atoms with E-state index in [-0.39, 0.29) is 52.1 Å². The van der Waals surface area contributed by atoms with Crippen molar-refractivity contribution in [2.45, 2.75) is 45.8 Å². The molecule has 138 valence electrons. The van der Waals surface area contributed by atoms with Crippen LogP contribution in [0.5, 0.6) is 0 Å². The minimum Gasteiger partial charge on any atom is -1.00 e. The topological polar surface area (TPSA) is 15.3 Å². The zero-order valence-electron chi connectivity index (χ0n) is 16.4. The van der Waals surface area contributed by atoms with Crippen LogP contribution in [0.15, 0.2) is 47.3 Å². The standard InChI is InChI=1S/C19H30N2Si.2ClH.Ti/c1-19(2,3)20-22(6,7)16-13-17(18(14-16)21(4)5)15-11-9-8-10-12-15;;;/h8-13,20H,14H2,1-7H3;2*1H;/q;;;+2/p-2. The van der Waals surface area contributed by atoms with Crippen molar-refractivity contribution in [3.05, 3.63) is 52.9 Å². The molecule has 0 fully saturated rings. The number of hydrogen-bond donors (Lipinski definition) is 1. The minimum atomic E-state index is -1.63. The molecule has 0 heterocycles. The van der Waals surface area contributed by atoms with Gasteiger partial charge in [-0.05, 0) is 26.3 Å². The number of halogens is 2. The van der Waals surface area contributed by atoms with E-state index in [1.54, 1.807) is 5.20 Å². The molecule has 25 heavy (non-hydrogen) atoms. The van der Waals surface area contributed by atoms with Crippen molar-refractivity contribution in [2.75, 3.05) is 14.1 Å². The molecule has 0 radical (unpaired) electrons. The van der Waals surface area contributed by atoms with Crippen LogP contribution in [0.25, 0.3) is 5.57 Å². The fourth-order valence-electron chi connectivity index (χ4n) is 3.27. The number of hydrogen-bond acceptors (Lipinski definition) is 2.